The lowest BCUT2D eigenvalue weighted by Gasteiger charge is -2.24. The number of rotatable bonds is 4. The van der Waals surface area contributed by atoms with E-state index < -0.39 is 0 Å². The van der Waals surface area contributed by atoms with Crippen LogP contribution < -0.4 is 10.6 Å². The number of urea groups is 1. The highest BCUT2D eigenvalue weighted by atomic mass is 16.5. The van der Waals surface area contributed by atoms with Gasteiger partial charge >= 0.3 is 6.03 Å². The van der Waals surface area contributed by atoms with Crippen molar-refractivity contribution in [3.05, 3.63) is 0 Å². The van der Waals surface area contributed by atoms with E-state index in [1.165, 1.54) is 19.3 Å². The average Bonchev–Trinajstić information content (AvgIpc) is 2.19. The molecule has 88 valence electrons. The van der Waals surface area contributed by atoms with Crippen LogP contribution in [0.4, 0.5) is 4.79 Å². The van der Waals surface area contributed by atoms with Crippen molar-refractivity contribution in [2.24, 2.45) is 0 Å². The molecule has 0 heterocycles. The normalized spacial score (nSPS) is 19.6. The minimum atomic E-state index is -0.0635. The first-order valence-electron chi connectivity index (χ1n) is 5.78. The zero-order chi connectivity index (χ0) is 11.1. The molecule has 0 aromatic rings. The molecule has 0 aliphatic heterocycles. The summed E-state index contributed by atoms with van der Waals surface area (Å²) in [6.07, 6.45) is 6.01. The summed E-state index contributed by atoms with van der Waals surface area (Å²) in [5.74, 6) is 0. The Morgan fingerprint density at radius 2 is 2.07 bits per heavy atom. The van der Waals surface area contributed by atoms with Crippen LogP contribution >= 0.6 is 0 Å². The van der Waals surface area contributed by atoms with E-state index in [9.17, 15) is 4.79 Å². The molecule has 1 fully saturated rings. The Balaban J connectivity index is 2.16. The second-order valence-corrected chi connectivity index (χ2v) is 4.31. The van der Waals surface area contributed by atoms with Crippen molar-refractivity contribution >= 4 is 6.03 Å². The summed E-state index contributed by atoms with van der Waals surface area (Å²) < 4.78 is 4.95. The van der Waals surface area contributed by atoms with Gasteiger partial charge in [-0.25, -0.2) is 4.79 Å². The van der Waals surface area contributed by atoms with E-state index in [-0.39, 0.29) is 12.1 Å². The highest BCUT2D eigenvalue weighted by Gasteiger charge is 2.16. The molecule has 4 nitrogen and oxygen atoms in total. The molecule has 0 saturated heterocycles. The average molecular weight is 214 g/mol. The standard InChI is InChI=1S/C11H22N2O2/c1-9(8-15-2)12-11(14)13-10-6-4-3-5-7-10/h9-10H,3-8H2,1-2H3,(H2,12,13,14)/t9-/m1/s1. The van der Waals surface area contributed by atoms with Gasteiger partial charge in [0.05, 0.1) is 12.6 Å². The molecule has 2 amide bonds. The molecule has 2 N–H and O–H groups in total. The van der Waals surface area contributed by atoms with E-state index in [0.29, 0.717) is 12.6 Å². The van der Waals surface area contributed by atoms with Gasteiger partial charge in [-0.05, 0) is 19.8 Å². The Labute approximate surface area is 91.8 Å². The second kappa shape index (κ2) is 6.67. The molecule has 15 heavy (non-hydrogen) atoms. The van der Waals surface area contributed by atoms with Crippen LogP contribution in [-0.4, -0.2) is 31.8 Å². The topological polar surface area (TPSA) is 50.4 Å². The zero-order valence-corrected chi connectivity index (χ0v) is 9.71. The van der Waals surface area contributed by atoms with Gasteiger partial charge in [-0.2, -0.15) is 0 Å². The van der Waals surface area contributed by atoms with Crippen LogP contribution in [0.25, 0.3) is 0 Å². The molecule has 0 aromatic heterocycles. The number of nitrogens with one attached hydrogen (secondary N) is 2. The molecule has 0 bridgehead atoms. The number of ether oxygens (including phenoxy) is 1. The molecule has 4 heteroatoms. The Kier molecular flexibility index (Phi) is 5.47. The maximum atomic E-state index is 11.5. The van der Waals surface area contributed by atoms with E-state index in [0.717, 1.165) is 12.8 Å². The molecule has 0 unspecified atom stereocenters. The molecule has 1 saturated carbocycles. The Morgan fingerprint density at radius 1 is 1.40 bits per heavy atom. The lowest BCUT2D eigenvalue weighted by atomic mass is 9.96. The maximum absolute atomic E-state index is 11.5. The van der Waals surface area contributed by atoms with E-state index in [1.807, 2.05) is 6.92 Å². The third-order valence-electron chi connectivity index (χ3n) is 2.73. The first kappa shape index (κ1) is 12.3. The number of amides is 2. The van der Waals surface area contributed by atoms with Crippen LogP contribution in [0.1, 0.15) is 39.0 Å². The van der Waals surface area contributed by atoms with Gasteiger partial charge in [0.2, 0.25) is 0 Å². The highest BCUT2D eigenvalue weighted by molar-refractivity contribution is 5.74. The third kappa shape index (κ3) is 5.02. The van der Waals surface area contributed by atoms with Gasteiger partial charge in [0, 0.05) is 13.2 Å². The third-order valence-corrected chi connectivity index (χ3v) is 2.73. The minimum absolute atomic E-state index is 0.0635. The molecule has 0 aromatic carbocycles. The van der Waals surface area contributed by atoms with E-state index in [2.05, 4.69) is 10.6 Å². The Bertz CT molecular complexity index is 191. The quantitative estimate of drug-likeness (QED) is 0.747. The van der Waals surface area contributed by atoms with Gasteiger partial charge in [-0.1, -0.05) is 19.3 Å². The summed E-state index contributed by atoms with van der Waals surface area (Å²) in [4.78, 5) is 11.5. The Hall–Kier alpha value is -0.770. The minimum Gasteiger partial charge on any atom is -0.383 e. The zero-order valence-electron chi connectivity index (χ0n) is 9.71. The van der Waals surface area contributed by atoms with Gasteiger partial charge in [0.15, 0.2) is 0 Å². The number of carbonyl (C=O) groups excluding carboxylic acids is 1. The summed E-state index contributed by atoms with van der Waals surface area (Å²) in [5, 5.41) is 5.86. The smallest absolute Gasteiger partial charge is 0.315 e. The van der Waals surface area contributed by atoms with Gasteiger partial charge < -0.3 is 15.4 Å². The first-order chi connectivity index (χ1) is 7.22. The summed E-state index contributed by atoms with van der Waals surface area (Å²) in [6, 6.07) is 0.374. The number of methoxy groups -OCH3 is 1. The summed E-state index contributed by atoms with van der Waals surface area (Å²) >= 11 is 0. The van der Waals surface area contributed by atoms with Gasteiger partial charge in [-0.3, -0.25) is 0 Å². The summed E-state index contributed by atoms with van der Waals surface area (Å²) in [5.41, 5.74) is 0. The maximum Gasteiger partial charge on any atom is 0.315 e. The molecule has 1 rings (SSSR count). The van der Waals surface area contributed by atoms with Gasteiger partial charge in [0.25, 0.3) is 0 Å². The van der Waals surface area contributed by atoms with E-state index in [4.69, 9.17) is 4.74 Å². The fraction of sp³-hybridized carbons (Fsp3) is 0.909. The van der Waals surface area contributed by atoms with Crippen LogP contribution in [0.2, 0.25) is 0 Å². The van der Waals surface area contributed by atoms with Crippen LogP contribution in [0.5, 0.6) is 0 Å². The largest absolute Gasteiger partial charge is 0.383 e. The van der Waals surface area contributed by atoms with Crippen LogP contribution in [0.3, 0.4) is 0 Å². The predicted molar refractivity (Wildman–Crippen MR) is 59.9 cm³/mol. The van der Waals surface area contributed by atoms with Crippen LogP contribution in [-0.2, 0) is 4.74 Å². The molecule has 1 aliphatic rings. The second-order valence-electron chi connectivity index (χ2n) is 4.31. The predicted octanol–water partition coefficient (Wildman–Crippen LogP) is 1.65. The van der Waals surface area contributed by atoms with Crippen molar-refractivity contribution in [3.8, 4) is 0 Å². The van der Waals surface area contributed by atoms with Crippen molar-refractivity contribution < 1.29 is 9.53 Å². The fourth-order valence-electron chi connectivity index (χ4n) is 1.99. The molecular weight excluding hydrogens is 192 g/mol. The van der Waals surface area contributed by atoms with Crippen molar-refractivity contribution in [3.63, 3.8) is 0 Å². The van der Waals surface area contributed by atoms with E-state index in [1.54, 1.807) is 7.11 Å². The number of hydrogen-bond donors (Lipinski definition) is 2. The number of carbonyl (C=O) groups is 1. The van der Waals surface area contributed by atoms with E-state index >= 15 is 0 Å². The molecule has 1 aliphatic carbocycles. The molecule has 0 radical (unpaired) electrons. The van der Waals surface area contributed by atoms with Gasteiger partial charge in [0.1, 0.15) is 0 Å². The summed E-state index contributed by atoms with van der Waals surface area (Å²) in [7, 11) is 1.64. The highest BCUT2D eigenvalue weighted by Crippen LogP contribution is 2.17. The lowest BCUT2D eigenvalue weighted by molar-refractivity contribution is 0.169. The number of hydrogen-bond acceptors (Lipinski definition) is 2. The lowest BCUT2D eigenvalue weighted by Crippen LogP contribution is -2.47. The monoisotopic (exact) mass is 214 g/mol. The summed E-state index contributed by atoms with van der Waals surface area (Å²) in [6.45, 7) is 2.49. The van der Waals surface area contributed by atoms with Crippen molar-refractivity contribution in [1.82, 2.24) is 10.6 Å². The Morgan fingerprint density at radius 3 is 2.67 bits per heavy atom. The van der Waals surface area contributed by atoms with Crippen molar-refractivity contribution in [1.29, 1.82) is 0 Å². The van der Waals surface area contributed by atoms with Gasteiger partial charge in [-0.15, -0.1) is 0 Å². The SMILES string of the molecule is COC[C@@H](C)NC(=O)NC1CCCCC1. The molecule has 0 spiro atoms. The van der Waals surface area contributed by atoms with Crippen molar-refractivity contribution in [2.45, 2.75) is 51.1 Å². The van der Waals surface area contributed by atoms with Crippen molar-refractivity contribution in [2.75, 3.05) is 13.7 Å². The van der Waals surface area contributed by atoms with Crippen LogP contribution in [0, 0.1) is 0 Å². The molecular formula is C11H22N2O2. The van der Waals surface area contributed by atoms with Crippen LogP contribution in [0.15, 0.2) is 0 Å². The first-order valence-corrected chi connectivity index (χ1v) is 5.78. The fourth-order valence-corrected chi connectivity index (χ4v) is 1.99. The molecule has 1 atom stereocenters.